The van der Waals surface area contributed by atoms with Crippen LogP contribution in [0.2, 0.25) is 0 Å². The summed E-state index contributed by atoms with van der Waals surface area (Å²) in [6, 6.07) is 9.33. The van der Waals surface area contributed by atoms with Crippen molar-refractivity contribution >= 4 is 17.5 Å². The maximum atomic E-state index is 13.2. The van der Waals surface area contributed by atoms with Crippen LogP contribution in [0.5, 0.6) is 0 Å². The van der Waals surface area contributed by atoms with Gasteiger partial charge in [0.1, 0.15) is 17.6 Å². The Kier molecular flexibility index (Phi) is 10.0. The average molecular weight is 547 g/mol. The number of carbonyl (C=O) groups is 1. The van der Waals surface area contributed by atoms with Crippen molar-refractivity contribution in [2.75, 3.05) is 62.9 Å². The highest BCUT2D eigenvalue weighted by atomic mass is 16.5. The number of anilines is 2. The first-order chi connectivity index (χ1) is 19.5. The third kappa shape index (κ3) is 6.94. The Morgan fingerprint density at radius 1 is 1.00 bits per heavy atom. The van der Waals surface area contributed by atoms with Gasteiger partial charge in [0.15, 0.2) is 5.78 Å². The molecule has 0 aliphatic carbocycles. The lowest BCUT2D eigenvalue weighted by atomic mass is 9.97. The second-order valence-electron chi connectivity index (χ2n) is 9.51. The highest BCUT2D eigenvalue weighted by Gasteiger charge is 2.45. The Hall–Kier alpha value is -4.02. The van der Waals surface area contributed by atoms with Gasteiger partial charge in [0, 0.05) is 49.4 Å². The fraction of sp³-hybridized carbons (Fsp3) is 0.429. The van der Waals surface area contributed by atoms with Gasteiger partial charge < -0.3 is 30.2 Å². The molecule has 12 nitrogen and oxygen atoms in total. The summed E-state index contributed by atoms with van der Waals surface area (Å²) in [7, 11) is 0. The molecule has 0 spiro atoms. The van der Waals surface area contributed by atoms with Crippen molar-refractivity contribution in [3.8, 4) is 17.3 Å². The second kappa shape index (κ2) is 13.9. The SMILES string of the molecule is CC1(C)C(=O)c2ccc(-c3cnc(NCCOCCOCCOCCN)nc3)nc2N1Cc1cccnc1C#N. The van der Waals surface area contributed by atoms with Crippen LogP contribution in [0.15, 0.2) is 42.9 Å². The predicted octanol–water partition coefficient (Wildman–Crippen LogP) is 2.21. The van der Waals surface area contributed by atoms with Gasteiger partial charge in [-0.25, -0.2) is 19.9 Å². The molecule has 3 aromatic heterocycles. The van der Waals surface area contributed by atoms with Crippen LogP contribution in [0.1, 0.15) is 35.5 Å². The van der Waals surface area contributed by atoms with Crippen molar-refractivity contribution in [1.82, 2.24) is 19.9 Å². The number of rotatable bonds is 15. The normalized spacial score (nSPS) is 13.8. The van der Waals surface area contributed by atoms with Gasteiger partial charge >= 0.3 is 0 Å². The molecule has 3 aromatic rings. The Balaban J connectivity index is 1.33. The topological polar surface area (TPSA) is 161 Å². The van der Waals surface area contributed by atoms with E-state index in [2.05, 4.69) is 26.3 Å². The number of hydrogen-bond donors (Lipinski definition) is 2. The van der Waals surface area contributed by atoms with Crippen LogP contribution in [-0.2, 0) is 20.8 Å². The molecule has 210 valence electrons. The number of nitrogens with two attached hydrogens (primary N) is 1. The summed E-state index contributed by atoms with van der Waals surface area (Å²) in [5, 5.41) is 12.6. The maximum absolute atomic E-state index is 13.2. The Labute approximate surface area is 233 Å². The van der Waals surface area contributed by atoms with E-state index in [0.717, 1.165) is 5.56 Å². The first-order valence-corrected chi connectivity index (χ1v) is 13.1. The minimum Gasteiger partial charge on any atom is -0.378 e. The molecule has 0 atom stereocenters. The number of ether oxygens (including phenoxy) is 3. The molecule has 0 radical (unpaired) electrons. The van der Waals surface area contributed by atoms with Crippen LogP contribution < -0.4 is 16.0 Å². The molecular formula is C28H34N8O4. The molecule has 0 amide bonds. The number of carbonyl (C=O) groups excluding carboxylic acids is 1. The number of aromatic nitrogens is 4. The summed E-state index contributed by atoms with van der Waals surface area (Å²) in [5.74, 6) is 1.01. The van der Waals surface area contributed by atoms with Gasteiger partial charge in [-0.3, -0.25) is 4.79 Å². The highest BCUT2D eigenvalue weighted by molar-refractivity contribution is 6.12. The largest absolute Gasteiger partial charge is 0.378 e. The van der Waals surface area contributed by atoms with Crippen LogP contribution >= 0.6 is 0 Å². The van der Waals surface area contributed by atoms with E-state index in [1.807, 2.05) is 24.8 Å². The lowest BCUT2D eigenvalue weighted by Gasteiger charge is -2.32. The fourth-order valence-corrected chi connectivity index (χ4v) is 4.23. The molecule has 4 heterocycles. The number of pyridine rings is 2. The van der Waals surface area contributed by atoms with E-state index >= 15 is 0 Å². The summed E-state index contributed by atoms with van der Waals surface area (Å²) in [5.41, 5.74) is 7.49. The van der Waals surface area contributed by atoms with Crippen molar-refractivity contribution in [1.29, 1.82) is 5.26 Å². The van der Waals surface area contributed by atoms with Crippen molar-refractivity contribution in [3.63, 3.8) is 0 Å². The van der Waals surface area contributed by atoms with Gasteiger partial charge in [-0.2, -0.15) is 5.26 Å². The van der Waals surface area contributed by atoms with Gasteiger partial charge in [-0.05, 0) is 32.0 Å². The average Bonchev–Trinajstić information content (AvgIpc) is 3.16. The first-order valence-electron chi connectivity index (χ1n) is 13.1. The van der Waals surface area contributed by atoms with E-state index in [0.29, 0.717) is 93.6 Å². The van der Waals surface area contributed by atoms with Crippen molar-refractivity contribution in [3.05, 3.63) is 59.7 Å². The standard InChI is InChI=1S/C28H34N8O4/c1-28(2)25(37)22-5-6-23(35-26(22)36(28)19-20-4-3-8-31-24(20)16-30)21-17-33-27(34-18-21)32-9-11-39-13-15-40-14-12-38-10-7-29/h3-6,8,17-18H,7,9-15,19,29H2,1-2H3,(H,32,33,34). The van der Waals surface area contributed by atoms with E-state index in [9.17, 15) is 10.1 Å². The molecule has 0 saturated carbocycles. The molecular weight excluding hydrogens is 512 g/mol. The Morgan fingerprint density at radius 3 is 2.40 bits per heavy atom. The van der Waals surface area contributed by atoms with Gasteiger partial charge in [0.2, 0.25) is 5.95 Å². The summed E-state index contributed by atoms with van der Waals surface area (Å²) < 4.78 is 16.2. The number of Topliss-reactive ketones (excluding diaryl/α,β-unsaturated/α-hetero) is 1. The molecule has 0 saturated heterocycles. The zero-order valence-electron chi connectivity index (χ0n) is 22.8. The monoisotopic (exact) mass is 546 g/mol. The second-order valence-corrected chi connectivity index (χ2v) is 9.51. The minimum atomic E-state index is -0.826. The molecule has 1 aliphatic rings. The number of ketones is 1. The molecule has 0 aromatic carbocycles. The van der Waals surface area contributed by atoms with Gasteiger partial charge in [0.05, 0.1) is 56.4 Å². The minimum absolute atomic E-state index is 0.0231. The summed E-state index contributed by atoms with van der Waals surface area (Å²) in [6.45, 7) is 8.13. The summed E-state index contributed by atoms with van der Waals surface area (Å²) in [6.07, 6.45) is 4.96. The molecule has 12 heteroatoms. The van der Waals surface area contributed by atoms with Gasteiger partial charge in [-0.1, -0.05) is 6.07 Å². The van der Waals surface area contributed by atoms with E-state index < -0.39 is 5.54 Å². The molecule has 4 rings (SSSR count). The smallest absolute Gasteiger partial charge is 0.222 e. The Morgan fingerprint density at radius 2 is 1.70 bits per heavy atom. The van der Waals surface area contributed by atoms with Crippen LogP contribution in [0, 0.1) is 11.3 Å². The number of nitrogens with zero attached hydrogens (tertiary/aromatic N) is 6. The first kappa shape index (κ1) is 29.0. The molecule has 0 bridgehead atoms. The summed E-state index contributed by atoms with van der Waals surface area (Å²) >= 11 is 0. The zero-order chi connectivity index (χ0) is 28.4. The van der Waals surface area contributed by atoms with Gasteiger partial charge in [-0.15, -0.1) is 0 Å². The number of nitrogens with one attached hydrogen (secondary N) is 1. The zero-order valence-corrected chi connectivity index (χ0v) is 22.8. The molecule has 0 fully saturated rings. The highest BCUT2D eigenvalue weighted by Crippen LogP contribution is 2.39. The maximum Gasteiger partial charge on any atom is 0.222 e. The third-order valence-corrected chi connectivity index (χ3v) is 6.41. The molecule has 40 heavy (non-hydrogen) atoms. The van der Waals surface area contributed by atoms with E-state index in [-0.39, 0.29) is 5.78 Å². The Bertz CT molecular complexity index is 1330. The predicted molar refractivity (Wildman–Crippen MR) is 149 cm³/mol. The number of fused-ring (bicyclic) bond motifs is 1. The quantitative estimate of drug-likeness (QED) is 0.268. The lowest BCUT2D eigenvalue weighted by molar-refractivity contribution is 0.0179. The number of nitriles is 1. The van der Waals surface area contributed by atoms with E-state index in [1.54, 1.807) is 36.8 Å². The third-order valence-electron chi connectivity index (χ3n) is 6.41. The van der Waals surface area contributed by atoms with Crippen LogP contribution in [0.3, 0.4) is 0 Å². The summed E-state index contributed by atoms with van der Waals surface area (Å²) in [4.78, 5) is 32.9. The van der Waals surface area contributed by atoms with Crippen molar-refractivity contribution in [2.24, 2.45) is 5.73 Å². The molecule has 1 aliphatic heterocycles. The number of hydrogen-bond acceptors (Lipinski definition) is 12. The van der Waals surface area contributed by atoms with Crippen molar-refractivity contribution < 1.29 is 19.0 Å². The van der Waals surface area contributed by atoms with Crippen molar-refractivity contribution in [2.45, 2.75) is 25.9 Å². The lowest BCUT2D eigenvalue weighted by Crippen LogP contribution is -2.44. The van der Waals surface area contributed by atoms with Crippen LogP contribution in [0.25, 0.3) is 11.3 Å². The van der Waals surface area contributed by atoms with E-state index in [1.165, 1.54) is 0 Å². The van der Waals surface area contributed by atoms with Crippen LogP contribution in [-0.4, -0.2) is 84.0 Å². The van der Waals surface area contributed by atoms with Gasteiger partial charge in [0.25, 0.3) is 0 Å². The fourth-order valence-electron chi connectivity index (χ4n) is 4.23. The molecule has 3 N–H and O–H groups in total. The van der Waals surface area contributed by atoms with E-state index in [4.69, 9.17) is 24.9 Å². The van der Waals surface area contributed by atoms with Crippen LogP contribution in [0.4, 0.5) is 11.8 Å². The molecule has 0 unspecified atom stereocenters.